The molecule has 0 bridgehead atoms. The van der Waals surface area contributed by atoms with Gasteiger partial charge < -0.3 is 4.74 Å². The largest absolute Gasteiger partial charge is 0.496 e. The highest BCUT2D eigenvalue weighted by Crippen LogP contribution is 2.23. The van der Waals surface area contributed by atoms with Crippen molar-refractivity contribution < 1.29 is 4.74 Å². The Balaban J connectivity index is 2.89. The average Bonchev–Trinajstić information content (AvgIpc) is 2.15. The predicted molar refractivity (Wildman–Crippen MR) is 54.6 cm³/mol. The van der Waals surface area contributed by atoms with E-state index < -0.39 is 0 Å². The van der Waals surface area contributed by atoms with E-state index in [9.17, 15) is 0 Å². The molecule has 0 N–H and O–H groups in total. The molecular weight excluding hydrogens is 230 g/mol. The molecule has 2 nitrogen and oxygen atoms in total. The summed E-state index contributed by atoms with van der Waals surface area (Å²) in [6.45, 7) is 0. The molecule has 0 aromatic heterocycles. The van der Waals surface area contributed by atoms with Gasteiger partial charge in [-0.2, -0.15) is 5.26 Å². The number of benzene rings is 1. The van der Waals surface area contributed by atoms with Gasteiger partial charge in [0.1, 0.15) is 5.75 Å². The quantitative estimate of drug-likeness (QED) is 0.813. The van der Waals surface area contributed by atoms with Crippen LogP contribution in [0.1, 0.15) is 12.0 Å². The molecule has 0 fully saturated rings. The van der Waals surface area contributed by atoms with Crippen molar-refractivity contribution in [3.05, 3.63) is 28.2 Å². The summed E-state index contributed by atoms with van der Waals surface area (Å²) in [4.78, 5) is 0. The van der Waals surface area contributed by atoms with E-state index in [-0.39, 0.29) is 0 Å². The lowest BCUT2D eigenvalue weighted by Gasteiger charge is -2.06. The lowest BCUT2D eigenvalue weighted by Crippen LogP contribution is -1.91. The normalized spacial score (nSPS) is 9.31. The van der Waals surface area contributed by atoms with E-state index >= 15 is 0 Å². The van der Waals surface area contributed by atoms with Crippen molar-refractivity contribution in [2.45, 2.75) is 12.8 Å². The molecule has 0 radical (unpaired) electrons. The van der Waals surface area contributed by atoms with Crippen LogP contribution in [0.3, 0.4) is 0 Å². The molecule has 68 valence electrons. The average molecular weight is 240 g/mol. The topological polar surface area (TPSA) is 33.0 Å². The number of aryl methyl sites for hydroxylation is 1. The molecule has 0 unspecified atom stereocenters. The Kier molecular flexibility index (Phi) is 3.78. The first-order chi connectivity index (χ1) is 6.27. The number of nitrogens with zero attached hydrogens (tertiary/aromatic N) is 1. The van der Waals surface area contributed by atoms with Gasteiger partial charge in [0.2, 0.25) is 0 Å². The van der Waals surface area contributed by atoms with Crippen LogP contribution in [-0.4, -0.2) is 7.11 Å². The molecule has 1 aromatic carbocycles. The first kappa shape index (κ1) is 10.1. The van der Waals surface area contributed by atoms with Gasteiger partial charge in [-0.1, -0.05) is 15.9 Å². The third kappa shape index (κ3) is 2.74. The Morgan fingerprint density at radius 1 is 1.54 bits per heavy atom. The third-order valence-corrected chi connectivity index (χ3v) is 2.24. The zero-order valence-electron chi connectivity index (χ0n) is 7.38. The zero-order chi connectivity index (χ0) is 9.68. The summed E-state index contributed by atoms with van der Waals surface area (Å²) >= 11 is 3.38. The number of halogens is 1. The van der Waals surface area contributed by atoms with Gasteiger partial charge in [-0.15, -0.1) is 0 Å². The predicted octanol–water partition coefficient (Wildman–Crippen LogP) is 2.91. The number of ether oxygens (including phenoxy) is 1. The van der Waals surface area contributed by atoms with Crippen molar-refractivity contribution in [2.24, 2.45) is 0 Å². The summed E-state index contributed by atoms with van der Waals surface area (Å²) in [7, 11) is 1.64. The summed E-state index contributed by atoms with van der Waals surface area (Å²) in [5, 5.41) is 8.46. The SMILES string of the molecule is COc1ccc(Br)cc1CCC#N. The van der Waals surface area contributed by atoms with Crippen LogP contribution in [0.2, 0.25) is 0 Å². The minimum Gasteiger partial charge on any atom is -0.496 e. The molecule has 0 spiro atoms. The van der Waals surface area contributed by atoms with Crippen LogP contribution in [0, 0.1) is 11.3 Å². The maximum atomic E-state index is 8.46. The summed E-state index contributed by atoms with van der Waals surface area (Å²) < 4.78 is 6.18. The molecular formula is C10H10BrNO. The molecule has 0 aliphatic rings. The van der Waals surface area contributed by atoms with Crippen LogP contribution in [0.4, 0.5) is 0 Å². The van der Waals surface area contributed by atoms with Crippen LogP contribution in [0.15, 0.2) is 22.7 Å². The van der Waals surface area contributed by atoms with Gasteiger partial charge in [0.05, 0.1) is 13.2 Å². The van der Waals surface area contributed by atoms with Crippen molar-refractivity contribution in [1.82, 2.24) is 0 Å². The highest BCUT2D eigenvalue weighted by Gasteiger charge is 2.02. The van der Waals surface area contributed by atoms with E-state index in [4.69, 9.17) is 10.00 Å². The van der Waals surface area contributed by atoms with Crippen LogP contribution in [0.5, 0.6) is 5.75 Å². The fourth-order valence-corrected chi connectivity index (χ4v) is 1.54. The minimum absolute atomic E-state index is 0.521. The van der Waals surface area contributed by atoms with E-state index in [2.05, 4.69) is 22.0 Å². The number of rotatable bonds is 3. The van der Waals surface area contributed by atoms with Crippen molar-refractivity contribution >= 4 is 15.9 Å². The number of hydrogen-bond donors (Lipinski definition) is 0. The molecule has 1 aromatic rings. The molecule has 0 aliphatic heterocycles. The second kappa shape index (κ2) is 4.88. The first-order valence-corrected chi connectivity index (χ1v) is 4.76. The smallest absolute Gasteiger partial charge is 0.122 e. The fourth-order valence-electron chi connectivity index (χ4n) is 1.13. The second-order valence-electron chi connectivity index (χ2n) is 2.61. The molecule has 0 aliphatic carbocycles. The molecule has 0 amide bonds. The van der Waals surface area contributed by atoms with Crippen molar-refractivity contribution in [3.8, 4) is 11.8 Å². The molecule has 13 heavy (non-hydrogen) atoms. The lowest BCUT2D eigenvalue weighted by atomic mass is 10.1. The minimum atomic E-state index is 0.521. The van der Waals surface area contributed by atoms with E-state index in [1.807, 2.05) is 18.2 Å². The Bertz CT molecular complexity index is 330. The van der Waals surface area contributed by atoms with Gasteiger partial charge in [-0.25, -0.2) is 0 Å². The maximum absolute atomic E-state index is 8.46. The highest BCUT2D eigenvalue weighted by atomic mass is 79.9. The molecule has 0 saturated carbocycles. The van der Waals surface area contributed by atoms with E-state index in [1.165, 1.54) is 0 Å². The molecule has 0 saturated heterocycles. The fraction of sp³-hybridized carbons (Fsp3) is 0.300. The molecule has 0 atom stereocenters. The lowest BCUT2D eigenvalue weighted by molar-refractivity contribution is 0.409. The molecule has 3 heteroatoms. The summed E-state index contributed by atoms with van der Waals surface area (Å²) in [6.07, 6.45) is 1.26. The van der Waals surface area contributed by atoms with Crippen molar-refractivity contribution in [1.29, 1.82) is 5.26 Å². The number of nitriles is 1. The second-order valence-corrected chi connectivity index (χ2v) is 3.53. The van der Waals surface area contributed by atoms with E-state index in [0.717, 1.165) is 22.2 Å². The Labute approximate surface area is 86.3 Å². The van der Waals surface area contributed by atoms with Gasteiger partial charge in [0.15, 0.2) is 0 Å². The monoisotopic (exact) mass is 239 g/mol. The Morgan fingerprint density at radius 2 is 2.31 bits per heavy atom. The van der Waals surface area contributed by atoms with Gasteiger partial charge in [0.25, 0.3) is 0 Å². The van der Waals surface area contributed by atoms with Gasteiger partial charge in [-0.05, 0) is 30.2 Å². The Morgan fingerprint density at radius 3 is 2.92 bits per heavy atom. The summed E-state index contributed by atoms with van der Waals surface area (Å²) in [5.41, 5.74) is 1.07. The summed E-state index contributed by atoms with van der Waals surface area (Å²) in [5.74, 6) is 0.846. The highest BCUT2D eigenvalue weighted by molar-refractivity contribution is 9.10. The summed E-state index contributed by atoms with van der Waals surface area (Å²) in [6, 6.07) is 7.92. The van der Waals surface area contributed by atoms with Gasteiger partial charge >= 0.3 is 0 Å². The van der Waals surface area contributed by atoms with Gasteiger partial charge in [-0.3, -0.25) is 0 Å². The number of hydrogen-bond acceptors (Lipinski definition) is 2. The van der Waals surface area contributed by atoms with Crippen molar-refractivity contribution in [2.75, 3.05) is 7.11 Å². The molecule has 1 rings (SSSR count). The van der Waals surface area contributed by atoms with Crippen LogP contribution >= 0.6 is 15.9 Å². The van der Waals surface area contributed by atoms with Crippen LogP contribution < -0.4 is 4.74 Å². The first-order valence-electron chi connectivity index (χ1n) is 3.97. The van der Waals surface area contributed by atoms with Crippen molar-refractivity contribution in [3.63, 3.8) is 0 Å². The van der Waals surface area contributed by atoms with Crippen LogP contribution in [-0.2, 0) is 6.42 Å². The third-order valence-electron chi connectivity index (χ3n) is 1.75. The number of methoxy groups -OCH3 is 1. The Hall–Kier alpha value is -1.01. The standard InChI is InChI=1S/C10H10BrNO/c1-13-10-5-4-9(11)7-8(10)3-2-6-12/h4-5,7H,2-3H2,1H3. The van der Waals surface area contributed by atoms with E-state index in [1.54, 1.807) is 7.11 Å². The van der Waals surface area contributed by atoms with Crippen LogP contribution in [0.25, 0.3) is 0 Å². The molecule has 0 heterocycles. The zero-order valence-corrected chi connectivity index (χ0v) is 8.97. The van der Waals surface area contributed by atoms with Gasteiger partial charge in [0, 0.05) is 10.9 Å². The van der Waals surface area contributed by atoms with E-state index in [0.29, 0.717) is 6.42 Å². The maximum Gasteiger partial charge on any atom is 0.122 e.